The van der Waals surface area contributed by atoms with Gasteiger partial charge in [-0.2, -0.15) is 0 Å². The van der Waals surface area contributed by atoms with Crippen molar-refractivity contribution in [3.8, 4) is 0 Å². The third-order valence-corrected chi connectivity index (χ3v) is 4.11. The number of nitrogens with zero attached hydrogens (tertiary/aromatic N) is 4. The van der Waals surface area contributed by atoms with E-state index in [0.29, 0.717) is 11.0 Å². The van der Waals surface area contributed by atoms with Crippen LogP contribution in [0.15, 0.2) is 16.7 Å². The first-order valence-electron chi connectivity index (χ1n) is 5.64. The number of hydrogen-bond acceptors (Lipinski definition) is 8. The smallest absolute Gasteiger partial charge is 0.191 e. The summed E-state index contributed by atoms with van der Waals surface area (Å²) in [6.45, 7) is 2.78. The van der Waals surface area contributed by atoms with Crippen molar-refractivity contribution in [2.75, 3.05) is 23.6 Å². The molecule has 0 saturated carbocycles. The van der Waals surface area contributed by atoms with Gasteiger partial charge in [0.25, 0.3) is 0 Å². The molecule has 19 heavy (non-hydrogen) atoms. The largest absolute Gasteiger partial charge is 0.354 e. The Hall–Kier alpha value is -1.38. The van der Waals surface area contributed by atoms with Gasteiger partial charge in [-0.3, -0.25) is 0 Å². The Morgan fingerprint density at radius 1 is 1.47 bits per heavy atom. The van der Waals surface area contributed by atoms with Crippen molar-refractivity contribution in [2.24, 2.45) is 5.84 Å². The van der Waals surface area contributed by atoms with Crippen LogP contribution in [-0.4, -0.2) is 28.3 Å². The number of nitrogens with two attached hydrogens (primary N) is 1. The average molecular weight is 296 g/mol. The molecule has 102 valence electrons. The quantitative estimate of drug-likeness (QED) is 0.377. The second kappa shape index (κ2) is 6.18. The van der Waals surface area contributed by atoms with Gasteiger partial charge in [-0.15, -0.1) is 11.3 Å². The molecule has 2 aromatic heterocycles. The van der Waals surface area contributed by atoms with Crippen molar-refractivity contribution in [3.63, 3.8) is 0 Å². The Bertz CT molecular complexity index is 534. The summed E-state index contributed by atoms with van der Waals surface area (Å²) in [6.07, 6.45) is 1.94. The number of thioether (sulfide) groups is 1. The van der Waals surface area contributed by atoms with Gasteiger partial charge in [0.15, 0.2) is 5.16 Å². The van der Waals surface area contributed by atoms with Gasteiger partial charge in [-0.1, -0.05) is 11.8 Å². The van der Waals surface area contributed by atoms with Gasteiger partial charge in [0.1, 0.15) is 11.6 Å². The highest BCUT2D eigenvalue weighted by Crippen LogP contribution is 2.22. The molecule has 0 aliphatic rings. The summed E-state index contributed by atoms with van der Waals surface area (Å²) in [4.78, 5) is 16.3. The molecule has 0 radical (unpaired) electrons. The van der Waals surface area contributed by atoms with Crippen LogP contribution in [0.25, 0.3) is 0 Å². The first-order chi connectivity index (χ1) is 9.13. The highest BCUT2D eigenvalue weighted by Gasteiger charge is 2.10. The van der Waals surface area contributed by atoms with E-state index in [9.17, 15) is 0 Å². The first kappa shape index (κ1) is 14.0. The Morgan fingerprint density at radius 3 is 2.84 bits per heavy atom. The van der Waals surface area contributed by atoms with Crippen LogP contribution < -0.4 is 16.2 Å². The van der Waals surface area contributed by atoms with Gasteiger partial charge < -0.3 is 10.3 Å². The van der Waals surface area contributed by atoms with Gasteiger partial charge >= 0.3 is 0 Å². The van der Waals surface area contributed by atoms with Crippen LogP contribution in [0, 0.1) is 6.92 Å². The maximum atomic E-state index is 5.43. The number of rotatable bonds is 5. The lowest BCUT2D eigenvalue weighted by Gasteiger charge is -2.18. The van der Waals surface area contributed by atoms with Crippen molar-refractivity contribution >= 4 is 34.7 Å². The molecule has 0 spiro atoms. The van der Waals surface area contributed by atoms with Crippen LogP contribution in [-0.2, 0) is 6.54 Å². The molecule has 0 saturated heterocycles. The van der Waals surface area contributed by atoms with E-state index in [1.165, 1.54) is 16.6 Å². The summed E-state index contributed by atoms with van der Waals surface area (Å²) in [5.74, 6) is 6.87. The summed E-state index contributed by atoms with van der Waals surface area (Å²) in [5, 5.41) is 0.693. The molecule has 2 rings (SSSR count). The minimum absolute atomic E-state index is 0.613. The number of nitrogen functional groups attached to an aromatic ring is 1. The number of hydrazine groups is 1. The highest BCUT2D eigenvalue weighted by molar-refractivity contribution is 7.98. The molecule has 0 fully saturated rings. The minimum Gasteiger partial charge on any atom is -0.354 e. The van der Waals surface area contributed by atoms with E-state index in [2.05, 4.69) is 25.3 Å². The molecule has 0 aromatic carbocycles. The van der Waals surface area contributed by atoms with Gasteiger partial charge in [-0.25, -0.2) is 20.8 Å². The summed E-state index contributed by atoms with van der Waals surface area (Å²) < 4.78 is 0. The fraction of sp³-hybridized carbons (Fsp3) is 0.364. The zero-order valence-electron chi connectivity index (χ0n) is 11.0. The van der Waals surface area contributed by atoms with Crippen LogP contribution in [0.3, 0.4) is 0 Å². The molecule has 0 bridgehead atoms. The molecule has 8 heteroatoms. The molecule has 0 amide bonds. The van der Waals surface area contributed by atoms with E-state index in [0.717, 1.165) is 18.1 Å². The van der Waals surface area contributed by atoms with Crippen LogP contribution >= 0.6 is 23.1 Å². The van der Waals surface area contributed by atoms with Crippen molar-refractivity contribution in [2.45, 2.75) is 18.6 Å². The minimum atomic E-state index is 0.613. The lowest BCUT2D eigenvalue weighted by Crippen LogP contribution is -2.19. The van der Waals surface area contributed by atoms with Crippen LogP contribution in [0.4, 0.5) is 11.6 Å². The average Bonchev–Trinajstić information content (AvgIpc) is 2.83. The fourth-order valence-electron chi connectivity index (χ4n) is 1.55. The molecule has 0 aliphatic heterocycles. The van der Waals surface area contributed by atoms with Crippen molar-refractivity contribution < 1.29 is 0 Å². The molecule has 2 aromatic rings. The van der Waals surface area contributed by atoms with Gasteiger partial charge in [-0.05, 0) is 13.2 Å². The molecule has 0 aliphatic carbocycles. The molecular weight excluding hydrogens is 280 g/mol. The fourth-order valence-corrected chi connectivity index (χ4v) is 2.75. The Kier molecular flexibility index (Phi) is 4.56. The Balaban J connectivity index is 2.23. The number of aryl methyl sites for hydroxylation is 1. The predicted octanol–water partition coefficient (Wildman–Crippen LogP) is 1.89. The zero-order valence-corrected chi connectivity index (χ0v) is 12.7. The number of hydrogen-bond donors (Lipinski definition) is 2. The molecule has 3 N–H and O–H groups in total. The van der Waals surface area contributed by atoms with Gasteiger partial charge in [0, 0.05) is 18.0 Å². The Morgan fingerprint density at radius 2 is 2.26 bits per heavy atom. The van der Waals surface area contributed by atoms with E-state index in [-0.39, 0.29) is 0 Å². The number of nitrogens with one attached hydrogen (secondary N) is 1. The molecule has 0 atom stereocenters. The maximum absolute atomic E-state index is 5.43. The van der Waals surface area contributed by atoms with Crippen molar-refractivity contribution in [3.05, 3.63) is 22.1 Å². The SMILES string of the molecule is CSc1nc(NN)cc(N(C)Cc2scnc2C)n1. The standard InChI is InChI=1S/C11H16N6S2/c1-7-8(19-6-13-7)5-17(2)10-4-9(16-12)14-11(15-10)18-3/h4,6H,5,12H2,1-3H3,(H,14,15,16). The van der Waals surface area contributed by atoms with Crippen LogP contribution in [0.5, 0.6) is 0 Å². The maximum Gasteiger partial charge on any atom is 0.191 e. The van der Waals surface area contributed by atoms with Crippen LogP contribution in [0.1, 0.15) is 10.6 Å². The van der Waals surface area contributed by atoms with E-state index < -0.39 is 0 Å². The van der Waals surface area contributed by atoms with E-state index in [1.807, 2.05) is 31.8 Å². The number of anilines is 2. The highest BCUT2D eigenvalue weighted by atomic mass is 32.2. The first-order valence-corrected chi connectivity index (χ1v) is 7.74. The third-order valence-electron chi connectivity index (χ3n) is 2.64. The summed E-state index contributed by atoms with van der Waals surface area (Å²) >= 11 is 3.14. The zero-order chi connectivity index (χ0) is 13.8. The second-order valence-electron chi connectivity index (χ2n) is 3.96. The topological polar surface area (TPSA) is 80.0 Å². The van der Waals surface area contributed by atoms with Crippen molar-refractivity contribution in [1.82, 2.24) is 15.0 Å². The molecular formula is C11H16N6S2. The summed E-state index contributed by atoms with van der Waals surface area (Å²) in [7, 11) is 1.99. The predicted molar refractivity (Wildman–Crippen MR) is 80.6 cm³/mol. The van der Waals surface area contributed by atoms with E-state index >= 15 is 0 Å². The second-order valence-corrected chi connectivity index (χ2v) is 5.67. The van der Waals surface area contributed by atoms with Crippen LogP contribution in [0.2, 0.25) is 0 Å². The van der Waals surface area contributed by atoms with Gasteiger partial charge in [0.2, 0.25) is 0 Å². The van der Waals surface area contributed by atoms with E-state index in [1.54, 1.807) is 11.3 Å². The number of thiazole rings is 1. The third kappa shape index (κ3) is 3.34. The number of aromatic nitrogens is 3. The lowest BCUT2D eigenvalue weighted by atomic mass is 10.3. The monoisotopic (exact) mass is 296 g/mol. The lowest BCUT2D eigenvalue weighted by molar-refractivity contribution is 0.860. The van der Waals surface area contributed by atoms with Gasteiger partial charge in [0.05, 0.1) is 17.7 Å². The normalized spacial score (nSPS) is 10.5. The molecule has 0 unspecified atom stereocenters. The van der Waals surface area contributed by atoms with Crippen molar-refractivity contribution in [1.29, 1.82) is 0 Å². The molecule has 2 heterocycles. The summed E-state index contributed by atoms with van der Waals surface area (Å²) in [5.41, 5.74) is 5.49. The summed E-state index contributed by atoms with van der Waals surface area (Å²) in [6, 6.07) is 1.83. The van der Waals surface area contributed by atoms with E-state index in [4.69, 9.17) is 5.84 Å². The Labute approximate surface area is 120 Å². The molecule has 6 nitrogen and oxygen atoms in total.